The number of benzene rings is 2. The van der Waals surface area contributed by atoms with Crippen LogP contribution in [0.25, 0.3) is 22.0 Å². The number of aryl methyl sites for hydroxylation is 3. The molecule has 2 N–H and O–H groups in total. The van der Waals surface area contributed by atoms with Crippen LogP contribution in [0.5, 0.6) is 0 Å². The summed E-state index contributed by atoms with van der Waals surface area (Å²) >= 11 is 0. The van der Waals surface area contributed by atoms with Crippen LogP contribution < -0.4 is 10.9 Å². The molecule has 10 nitrogen and oxygen atoms in total. The van der Waals surface area contributed by atoms with Crippen LogP contribution in [-0.2, 0) is 28.3 Å². The lowest BCUT2D eigenvalue weighted by molar-refractivity contribution is -0.121. The second-order valence-corrected chi connectivity index (χ2v) is 10.2. The number of hydrogen-bond acceptors (Lipinski definition) is 6. The third-order valence-electron chi connectivity index (χ3n) is 5.66. The van der Waals surface area contributed by atoms with Gasteiger partial charge in [0, 0.05) is 44.9 Å². The lowest BCUT2D eigenvalue weighted by Crippen LogP contribution is -2.41. The Kier molecular flexibility index (Phi) is 6.15. The molecule has 0 saturated carbocycles. The van der Waals surface area contributed by atoms with Gasteiger partial charge in [-0.05, 0) is 31.2 Å². The average molecular weight is 484 g/mol. The number of sulfonamides is 1. The average Bonchev–Trinajstić information content (AvgIpc) is 3.32. The lowest BCUT2D eigenvalue weighted by atomic mass is 10.1. The van der Waals surface area contributed by atoms with Crippen molar-refractivity contribution in [2.45, 2.75) is 24.7 Å². The first-order valence-corrected chi connectivity index (χ1v) is 12.0. The maximum Gasteiger partial charge on any atom is 0.305 e. The molecule has 0 bridgehead atoms. The van der Waals surface area contributed by atoms with Gasteiger partial charge in [0.1, 0.15) is 11.4 Å². The standard InChI is InChI=1S/C23H25N5O5S/c1-14-16-7-5-6-8-19(16)33-22(14)23(30)26-25-21(29)12-11-20-24-17-13-15(34(31,32)27(2)3)9-10-18(17)28(20)4/h5-10,13H,11-12H2,1-4H3,(H,25,29)(H,26,30). The molecular formula is C23H25N5O5S. The van der Waals surface area contributed by atoms with E-state index >= 15 is 0 Å². The van der Waals surface area contributed by atoms with Gasteiger partial charge in [0.2, 0.25) is 15.9 Å². The van der Waals surface area contributed by atoms with Gasteiger partial charge in [0.25, 0.3) is 0 Å². The van der Waals surface area contributed by atoms with Crippen LogP contribution in [0.2, 0.25) is 0 Å². The molecule has 0 unspecified atom stereocenters. The molecule has 2 amide bonds. The summed E-state index contributed by atoms with van der Waals surface area (Å²) in [6, 6.07) is 12.1. The highest BCUT2D eigenvalue weighted by atomic mass is 32.2. The molecule has 0 aliphatic carbocycles. The molecule has 0 atom stereocenters. The van der Waals surface area contributed by atoms with Crippen LogP contribution in [0.15, 0.2) is 51.8 Å². The van der Waals surface area contributed by atoms with E-state index in [1.807, 2.05) is 22.8 Å². The lowest BCUT2D eigenvalue weighted by Gasteiger charge is -2.10. The van der Waals surface area contributed by atoms with E-state index in [9.17, 15) is 18.0 Å². The molecule has 11 heteroatoms. The van der Waals surface area contributed by atoms with Crippen molar-refractivity contribution in [3.05, 3.63) is 59.6 Å². The van der Waals surface area contributed by atoms with E-state index in [1.54, 1.807) is 26.1 Å². The number of carbonyl (C=O) groups is 2. The van der Waals surface area contributed by atoms with Gasteiger partial charge in [-0.1, -0.05) is 18.2 Å². The van der Waals surface area contributed by atoms with Crippen LogP contribution in [-0.4, -0.2) is 48.2 Å². The zero-order chi connectivity index (χ0) is 24.6. The van der Waals surface area contributed by atoms with Gasteiger partial charge in [0.05, 0.1) is 15.9 Å². The van der Waals surface area contributed by atoms with E-state index in [4.69, 9.17) is 4.42 Å². The largest absolute Gasteiger partial charge is 0.451 e. The number of fused-ring (bicyclic) bond motifs is 2. The van der Waals surface area contributed by atoms with Gasteiger partial charge in [-0.25, -0.2) is 17.7 Å². The van der Waals surface area contributed by atoms with E-state index in [-0.39, 0.29) is 17.1 Å². The predicted molar refractivity (Wildman–Crippen MR) is 126 cm³/mol. The number of furan rings is 1. The predicted octanol–water partition coefficient (Wildman–Crippen LogP) is 2.27. The highest BCUT2D eigenvalue weighted by molar-refractivity contribution is 7.89. The van der Waals surface area contributed by atoms with Crippen molar-refractivity contribution in [3.63, 3.8) is 0 Å². The van der Waals surface area contributed by atoms with Gasteiger partial charge < -0.3 is 8.98 Å². The van der Waals surface area contributed by atoms with E-state index in [1.165, 1.54) is 26.2 Å². The summed E-state index contributed by atoms with van der Waals surface area (Å²) in [5.74, 6) is -0.186. The number of hydrazine groups is 1. The molecule has 2 aromatic carbocycles. The zero-order valence-corrected chi connectivity index (χ0v) is 20.1. The first-order chi connectivity index (χ1) is 16.1. The molecule has 2 heterocycles. The second-order valence-electron chi connectivity index (χ2n) is 8.08. The number of imidazole rings is 1. The molecule has 4 rings (SSSR count). The molecule has 0 radical (unpaired) electrons. The molecule has 0 spiro atoms. The molecule has 178 valence electrons. The van der Waals surface area contributed by atoms with Crippen LogP contribution in [0, 0.1) is 6.92 Å². The van der Waals surface area contributed by atoms with Crippen molar-refractivity contribution in [2.24, 2.45) is 7.05 Å². The van der Waals surface area contributed by atoms with Crippen molar-refractivity contribution in [1.82, 2.24) is 24.7 Å². The van der Waals surface area contributed by atoms with Gasteiger partial charge in [-0.3, -0.25) is 20.4 Å². The van der Waals surface area contributed by atoms with Crippen molar-refractivity contribution >= 4 is 43.8 Å². The highest BCUT2D eigenvalue weighted by Gasteiger charge is 2.20. The number of nitrogens with zero attached hydrogens (tertiary/aromatic N) is 3. The number of nitrogens with one attached hydrogen (secondary N) is 2. The Morgan fingerprint density at radius 3 is 2.56 bits per heavy atom. The summed E-state index contributed by atoms with van der Waals surface area (Å²) in [5.41, 5.74) is 7.34. The third-order valence-corrected chi connectivity index (χ3v) is 7.48. The summed E-state index contributed by atoms with van der Waals surface area (Å²) in [4.78, 5) is 29.4. The van der Waals surface area contributed by atoms with Crippen LogP contribution >= 0.6 is 0 Å². The Morgan fingerprint density at radius 1 is 1.12 bits per heavy atom. The fourth-order valence-electron chi connectivity index (χ4n) is 3.69. The Balaban J connectivity index is 1.40. The first kappa shape index (κ1) is 23.5. The van der Waals surface area contributed by atoms with Gasteiger partial charge >= 0.3 is 5.91 Å². The first-order valence-electron chi connectivity index (χ1n) is 10.5. The molecule has 0 saturated heterocycles. The van der Waals surface area contributed by atoms with Gasteiger partial charge in [0.15, 0.2) is 5.76 Å². The minimum atomic E-state index is -3.58. The number of rotatable bonds is 6. The molecular weight excluding hydrogens is 458 g/mol. The molecule has 34 heavy (non-hydrogen) atoms. The minimum Gasteiger partial charge on any atom is -0.451 e. The fourth-order valence-corrected chi connectivity index (χ4v) is 4.61. The molecule has 4 aromatic rings. The van der Waals surface area contributed by atoms with Crippen LogP contribution in [0.4, 0.5) is 0 Å². The smallest absolute Gasteiger partial charge is 0.305 e. The summed E-state index contributed by atoms with van der Waals surface area (Å²) < 4.78 is 33.3. The van der Waals surface area contributed by atoms with Crippen LogP contribution in [0.3, 0.4) is 0 Å². The quantitative estimate of drug-likeness (QED) is 0.405. The molecule has 0 aliphatic rings. The Morgan fingerprint density at radius 2 is 1.85 bits per heavy atom. The van der Waals surface area contributed by atoms with Gasteiger partial charge in [-0.15, -0.1) is 0 Å². The SMILES string of the molecule is Cc1c(C(=O)NNC(=O)CCc2nc3cc(S(=O)(=O)N(C)C)ccc3n2C)oc2ccccc12. The van der Waals surface area contributed by atoms with E-state index in [0.717, 1.165) is 15.2 Å². The van der Waals surface area contributed by atoms with E-state index in [0.29, 0.717) is 28.9 Å². The fraction of sp³-hybridized carbons (Fsp3) is 0.261. The summed E-state index contributed by atoms with van der Waals surface area (Å²) in [7, 11) is 1.16. The Labute approximate surface area is 196 Å². The van der Waals surface area contributed by atoms with Gasteiger partial charge in [-0.2, -0.15) is 0 Å². The topological polar surface area (TPSA) is 127 Å². The monoisotopic (exact) mass is 483 g/mol. The minimum absolute atomic E-state index is 0.0689. The number of para-hydroxylation sites is 1. The van der Waals surface area contributed by atoms with Crippen molar-refractivity contribution in [3.8, 4) is 0 Å². The summed E-state index contributed by atoms with van der Waals surface area (Å²) in [5, 5.41) is 0.836. The van der Waals surface area contributed by atoms with Crippen molar-refractivity contribution in [1.29, 1.82) is 0 Å². The third kappa shape index (κ3) is 4.27. The normalized spacial score (nSPS) is 11.9. The number of aromatic nitrogens is 2. The zero-order valence-electron chi connectivity index (χ0n) is 19.2. The highest BCUT2D eigenvalue weighted by Crippen LogP contribution is 2.25. The Hall–Kier alpha value is -3.70. The number of hydrogen-bond donors (Lipinski definition) is 2. The van der Waals surface area contributed by atoms with Crippen molar-refractivity contribution < 1.29 is 22.4 Å². The summed E-state index contributed by atoms with van der Waals surface area (Å²) in [6.07, 6.45) is 0.367. The number of amides is 2. The van der Waals surface area contributed by atoms with E-state index in [2.05, 4.69) is 15.8 Å². The maximum atomic E-state index is 12.5. The maximum absolute atomic E-state index is 12.5. The van der Waals surface area contributed by atoms with E-state index < -0.39 is 21.8 Å². The molecule has 2 aromatic heterocycles. The second kappa shape index (κ2) is 8.92. The molecule has 0 fully saturated rings. The van der Waals surface area contributed by atoms with Crippen LogP contribution in [0.1, 0.15) is 28.4 Å². The number of carbonyl (C=O) groups excluding carboxylic acids is 2. The Bertz CT molecular complexity index is 1520. The van der Waals surface area contributed by atoms with Crippen molar-refractivity contribution in [2.75, 3.05) is 14.1 Å². The summed E-state index contributed by atoms with van der Waals surface area (Å²) in [6.45, 7) is 1.78. The molecule has 0 aliphatic heterocycles.